The van der Waals surface area contributed by atoms with Crippen molar-refractivity contribution in [2.24, 2.45) is 0 Å². The minimum Gasteiger partial charge on any atom is -0.370 e. The van der Waals surface area contributed by atoms with Crippen LogP contribution >= 0.6 is 0 Å². The van der Waals surface area contributed by atoms with E-state index < -0.39 is 0 Å². The molecule has 1 saturated heterocycles. The molecule has 2 heterocycles. The van der Waals surface area contributed by atoms with Crippen LogP contribution in [0.25, 0.3) is 10.9 Å². The van der Waals surface area contributed by atoms with Gasteiger partial charge in [-0.05, 0) is 17.7 Å². The summed E-state index contributed by atoms with van der Waals surface area (Å²) in [5, 5.41) is 4.27. The summed E-state index contributed by atoms with van der Waals surface area (Å²) in [4.78, 5) is 17.5. The minimum absolute atomic E-state index is 0.0248. The smallest absolute Gasteiger partial charge is 0.268 e. The third kappa shape index (κ3) is 3.79. The van der Waals surface area contributed by atoms with E-state index in [9.17, 15) is 4.79 Å². The number of ether oxygens (including phenoxy) is 1. The lowest BCUT2D eigenvalue weighted by Crippen LogP contribution is -3.14. The van der Waals surface area contributed by atoms with Gasteiger partial charge in [-0.25, -0.2) is 0 Å². The van der Waals surface area contributed by atoms with E-state index in [1.165, 1.54) is 4.90 Å². The van der Waals surface area contributed by atoms with Gasteiger partial charge >= 0.3 is 0 Å². The van der Waals surface area contributed by atoms with E-state index in [-0.39, 0.29) is 11.9 Å². The molecule has 1 aliphatic heterocycles. The molecule has 0 bridgehead atoms. The number of nitrogens with one attached hydrogen (secondary N) is 3. The first kappa shape index (κ1) is 16.8. The zero-order chi connectivity index (χ0) is 17.8. The fourth-order valence-corrected chi connectivity index (χ4v) is 3.52. The molecule has 0 radical (unpaired) electrons. The van der Waals surface area contributed by atoms with Gasteiger partial charge < -0.3 is 19.9 Å². The summed E-state index contributed by atoms with van der Waals surface area (Å²) in [6.07, 6.45) is 0. The Labute approximate surface area is 153 Å². The molecule has 134 valence electrons. The number of quaternary nitrogens is 1. The van der Waals surface area contributed by atoms with E-state index in [4.69, 9.17) is 4.74 Å². The van der Waals surface area contributed by atoms with E-state index in [0.717, 1.165) is 49.3 Å². The van der Waals surface area contributed by atoms with Crippen LogP contribution in [0.15, 0.2) is 60.7 Å². The van der Waals surface area contributed by atoms with Crippen LogP contribution in [0.3, 0.4) is 0 Å². The van der Waals surface area contributed by atoms with E-state index in [0.29, 0.717) is 5.69 Å². The van der Waals surface area contributed by atoms with Crippen LogP contribution < -0.4 is 10.2 Å². The lowest BCUT2D eigenvalue weighted by Gasteiger charge is -2.28. The highest BCUT2D eigenvalue weighted by molar-refractivity contribution is 5.98. The minimum atomic E-state index is -0.0669. The van der Waals surface area contributed by atoms with Gasteiger partial charge in [0.05, 0.1) is 13.2 Å². The van der Waals surface area contributed by atoms with Crippen molar-refractivity contribution in [1.82, 2.24) is 10.3 Å². The number of hydrogen-bond acceptors (Lipinski definition) is 2. The Bertz CT molecular complexity index is 836. The Balaban J connectivity index is 1.54. The molecule has 0 spiro atoms. The number of fused-ring (bicyclic) bond motifs is 1. The van der Waals surface area contributed by atoms with Gasteiger partial charge in [-0.15, -0.1) is 0 Å². The molecule has 1 atom stereocenters. The normalized spacial score (nSPS) is 16.5. The number of carbonyl (C=O) groups is 1. The highest BCUT2D eigenvalue weighted by atomic mass is 16.5. The molecule has 5 nitrogen and oxygen atoms in total. The SMILES string of the molecule is O=C(N[C@H](C[NH+]1CCOCC1)c1ccccc1)c1cc2ccccc2[nH]1. The molecule has 0 unspecified atom stereocenters. The topological polar surface area (TPSA) is 58.6 Å². The number of aromatic amines is 1. The van der Waals surface area contributed by atoms with Crippen molar-refractivity contribution in [3.8, 4) is 0 Å². The number of rotatable bonds is 5. The molecular formula is C21H24N3O2+. The fourth-order valence-electron chi connectivity index (χ4n) is 3.52. The number of amides is 1. The van der Waals surface area contributed by atoms with Gasteiger partial charge in [0.2, 0.25) is 0 Å². The Morgan fingerprint density at radius 1 is 1.08 bits per heavy atom. The summed E-state index contributed by atoms with van der Waals surface area (Å²) in [6, 6.07) is 20.0. The van der Waals surface area contributed by atoms with Crippen LogP contribution in [0.1, 0.15) is 22.1 Å². The third-order valence-corrected chi connectivity index (χ3v) is 4.97. The molecule has 4 rings (SSSR count). The monoisotopic (exact) mass is 350 g/mol. The maximum Gasteiger partial charge on any atom is 0.268 e. The first-order valence-corrected chi connectivity index (χ1v) is 9.14. The summed E-state index contributed by atoms with van der Waals surface area (Å²) < 4.78 is 5.46. The van der Waals surface area contributed by atoms with Crippen molar-refractivity contribution < 1.29 is 14.4 Å². The standard InChI is InChI=1S/C21H23N3O2/c25-21(19-14-17-8-4-5-9-18(17)22-19)23-20(16-6-2-1-3-7-16)15-24-10-12-26-13-11-24/h1-9,14,20,22H,10-13,15H2,(H,23,25)/p+1/t20-/m1/s1. The molecule has 0 aliphatic carbocycles. The van der Waals surface area contributed by atoms with E-state index in [1.54, 1.807) is 0 Å². The van der Waals surface area contributed by atoms with E-state index in [2.05, 4.69) is 22.4 Å². The number of benzene rings is 2. The number of para-hydroxylation sites is 1. The molecule has 5 heteroatoms. The van der Waals surface area contributed by atoms with Crippen molar-refractivity contribution >= 4 is 16.8 Å². The first-order chi connectivity index (χ1) is 12.8. The second-order valence-electron chi connectivity index (χ2n) is 6.77. The largest absolute Gasteiger partial charge is 0.370 e. The second-order valence-corrected chi connectivity index (χ2v) is 6.77. The van der Waals surface area contributed by atoms with Gasteiger partial charge in [0.1, 0.15) is 31.4 Å². The number of H-pyrrole nitrogens is 1. The molecule has 1 amide bonds. The molecule has 26 heavy (non-hydrogen) atoms. The van der Waals surface area contributed by atoms with Crippen LogP contribution in [0.5, 0.6) is 0 Å². The molecule has 1 aromatic heterocycles. The zero-order valence-corrected chi connectivity index (χ0v) is 14.7. The van der Waals surface area contributed by atoms with Crippen LogP contribution in [0.4, 0.5) is 0 Å². The maximum absolute atomic E-state index is 12.9. The predicted octanol–water partition coefficient (Wildman–Crippen LogP) is 1.55. The zero-order valence-electron chi connectivity index (χ0n) is 14.7. The number of hydrogen-bond donors (Lipinski definition) is 3. The summed E-state index contributed by atoms with van der Waals surface area (Å²) in [7, 11) is 0. The second kappa shape index (κ2) is 7.72. The maximum atomic E-state index is 12.9. The van der Waals surface area contributed by atoms with Gasteiger partial charge in [0, 0.05) is 10.9 Å². The molecule has 2 aromatic carbocycles. The molecule has 3 aromatic rings. The van der Waals surface area contributed by atoms with Crippen molar-refractivity contribution in [1.29, 1.82) is 0 Å². The lowest BCUT2D eigenvalue weighted by molar-refractivity contribution is -0.909. The Kier molecular flexibility index (Phi) is 5.00. The molecule has 0 saturated carbocycles. The molecule has 3 N–H and O–H groups in total. The molecular weight excluding hydrogens is 326 g/mol. The van der Waals surface area contributed by atoms with Crippen LogP contribution in [-0.4, -0.2) is 43.7 Å². The van der Waals surface area contributed by atoms with Crippen LogP contribution in [0.2, 0.25) is 0 Å². The summed E-state index contributed by atoms with van der Waals surface area (Å²) in [5.74, 6) is -0.0669. The van der Waals surface area contributed by atoms with Crippen LogP contribution in [-0.2, 0) is 4.74 Å². The Hall–Kier alpha value is -2.63. The fraction of sp³-hybridized carbons (Fsp3) is 0.286. The third-order valence-electron chi connectivity index (χ3n) is 4.97. The quantitative estimate of drug-likeness (QED) is 0.654. The molecule has 1 fully saturated rings. The average Bonchev–Trinajstić information content (AvgIpc) is 3.13. The van der Waals surface area contributed by atoms with Gasteiger partial charge in [-0.2, -0.15) is 0 Å². The van der Waals surface area contributed by atoms with Gasteiger partial charge in [-0.3, -0.25) is 4.79 Å². The Morgan fingerprint density at radius 2 is 1.81 bits per heavy atom. The van der Waals surface area contributed by atoms with Crippen molar-refractivity contribution in [2.45, 2.75) is 6.04 Å². The summed E-state index contributed by atoms with van der Waals surface area (Å²) in [6.45, 7) is 4.39. The van der Waals surface area contributed by atoms with Gasteiger partial charge in [0.25, 0.3) is 5.91 Å². The van der Waals surface area contributed by atoms with Crippen molar-refractivity contribution in [3.05, 3.63) is 71.9 Å². The van der Waals surface area contributed by atoms with Gasteiger partial charge in [0.15, 0.2) is 0 Å². The number of morpholine rings is 1. The lowest BCUT2D eigenvalue weighted by atomic mass is 10.1. The van der Waals surface area contributed by atoms with Gasteiger partial charge in [-0.1, -0.05) is 48.5 Å². The van der Waals surface area contributed by atoms with E-state index in [1.807, 2.05) is 48.5 Å². The summed E-state index contributed by atoms with van der Waals surface area (Å²) >= 11 is 0. The number of aromatic nitrogens is 1. The van der Waals surface area contributed by atoms with Crippen molar-refractivity contribution in [3.63, 3.8) is 0 Å². The highest BCUT2D eigenvalue weighted by Crippen LogP contribution is 2.16. The summed E-state index contributed by atoms with van der Waals surface area (Å²) in [5.41, 5.74) is 2.72. The van der Waals surface area contributed by atoms with Crippen LogP contribution in [0, 0.1) is 0 Å². The van der Waals surface area contributed by atoms with Crippen molar-refractivity contribution in [2.75, 3.05) is 32.8 Å². The molecule has 1 aliphatic rings. The average molecular weight is 350 g/mol. The van der Waals surface area contributed by atoms with E-state index >= 15 is 0 Å². The first-order valence-electron chi connectivity index (χ1n) is 9.14. The Morgan fingerprint density at radius 3 is 2.58 bits per heavy atom. The predicted molar refractivity (Wildman–Crippen MR) is 101 cm³/mol. The highest BCUT2D eigenvalue weighted by Gasteiger charge is 2.23. The number of carbonyl (C=O) groups excluding carboxylic acids is 1.